The molecule has 1 amide bonds. The number of fused-ring (bicyclic) bond motifs is 1. The van der Waals surface area contributed by atoms with E-state index in [4.69, 9.17) is 9.15 Å². The van der Waals surface area contributed by atoms with E-state index < -0.39 is 0 Å². The van der Waals surface area contributed by atoms with Crippen LogP contribution in [0.2, 0.25) is 0 Å². The molecule has 4 aromatic rings. The van der Waals surface area contributed by atoms with E-state index in [-0.39, 0.29) is 17.8 Å². The molecule has 8 heteroatoms. The smallest absolute Gasteiger partial charge is 0.292 e. The van der Waals surface area contributed by atoms with E-state index >= 15 is 0 Å². The van der Waals surface area contributed by atoms with Crippen LogP contribution < -0.4 is 10.1 Å². The van der Waals surface area contributed by atoms with E-state index in [1.165, 1.54) is 0 Å². The molecule has 8 nitrogen and oxygen atoms in total. The molecule has 0 spiro atoms. The molecule has 28 heavy (non-hydrogen) atoms. The Kier molecular flexibility index (Phi) is 4.60. The van der Waals surface area contributed by atoms with Gasteiger partial charge >= 0.3 is 0 Å². The fourth-order valence-electron chi connectivity index (χ4n) is 2.98. The highest BCUT2D eigenvalue weighted by Gasteiger charge is 2.17. The number of furan rings is 1. The molecule has 0 bridgehead atoms. The molecule has 0 saturated heterocycles. The lowest BCUT2D eigenvalue weighted by molar-refractivity contribution is 0.0994. The van der Waals surface area contributed by atoms with E-state index in [1.54, 1.807) is 27.7 Å². The van der Waals surface area contributed by atoms with Crippen molar-refractivity contribution in [2.45, 2.75) is 26.5 Å². The molecule has 3 aromatic heterocycles. The van der Waals surface area contributed by atoms with Crippen molar-refractivity contribution in [1.29, 1.82) is 0 Å². The van der Waals surface area contributed by atoms with Gasteiger partial charge in [-0.3, -0.25) is 14.2 Å². The highest BCUT2D eigenvalue weighted by Crippen LogP contribution is 2.27. The lowest BCUT2D eigenvalue weighted by atomic mass is 10.2. The number of hydrogen-bond acceptors (Lipinski definition) is 5. The molecular weight excluding hydrogens is 358 g/mol. The van der Waals surface area contributed by atoms with Gasteiger partial charge in [-0.15, -0.1) is 0 Å². The number of ether oxygens (including phenoxy) is 1. The number of hydrogen-bond donors (Lipinski definition) is 1. The Labute approximate surface area is 161 Å². The van der Waals surface area contributed by atoms with Crippen molar-refractivity contribution in [2.75, 3.05) is 5.32 Å². The van der Waals surface area contributed by atoms with Crippen molar-refractivity contribution in [3.63, 3.8) is 0 Å². The number of benzene rings is 1. The average molecular weight is 379 g/mol. The highest BCUT2D eigenvalue weighted by atomic mass is 16.5. The standard InChI is InChI=1S/C20H21N5O3/c1-13(2)27-14-5-7-16-17(11-14)24(3)23-19(16)22-20(26)18-8-6-15(28-18)12-25-10-4-9-21-25/h4-11,13H,12H2,1-3H3,(H,22,23,26). The van der Waals surface area contributed by atoms with Crippen LogP contribution in [0, 0.1) is 0 Å². The summed E-state index contributed by atoms with van der Waals surface area (Å²) in [6.45, 7) is 4.41. The third-order valence-electron chi connectivity index (χ3n) is 4.19. The van der Waals surface area contributed by atoms with Gasteiger partial charge in [0.25, 0.3) is 5.91 Å². The SMILES string of the molecule is CC(C)Oc1ccc2c(NC(=O)c3ccc(Cn4cccn4)o3)nn(C)c2c1. The van der Waals surface area contributed by atoms with Gasteiger partial charge in [0.2, 0.25) is 0 Å². The first kappa shape index (κ1) is 17.8. The number of nitrogens with zero attached hydrogens (tertiary/aromatic N) is 4. The molecule has 144 valence electrons. The number of amides is 1. The molecule has 0 saturated carbocycles. The van der Waals surface area contributed by atoms with Crippen molar-refractivity contribution in [1.82, 2.24) is 19.6 Å². The first-order valence-corrected chi connectivity index (χ1v) is 9.00. The summed E-state index contributed by atoms with van der Waals surface area (Å²) >= 11 is 0. The second-order valence-electron chi connectivity index (χ2n) is 6.74. The summed E-state index contributed by atoms with van der Waals surface area (Å²) in [7, 11) is 1.83. The van der Waals surface area contributed by atoms with Gasteiger partial charge in [-0.25, -0.2) is 0 Å². The van der Waals surface area contributed by atoms with Crippen molar-refractivity contribution in [2.24, 2.45) is 7.05 Å². The van der Waals surface area contributed by atoms with Crippen molar-refractivity contribution >= 4 is 22.6 Å². The monoisotopic (exact) mass is 379 g/mol. The second-order valence-corrected chi connectivity index (χ2v) is 6.74. The molecule has 4 rings (SSSR count). The molecule has 1 N–H and O–H groups in total. The van der Waals surface area contributed by atoms with E-state index in [2.05, 4.69) is 15.5 Å². The molecule has 0 aliphatic heterocycles. The van der Waals surface area contributed by atoms with Gasteiger partial charge in [-0.2, -0.15) is 10.2 Å². The highest BCUT2D eigenvalue weighted by molar-refractivity contribution is 6.06. The molecule has 0 aliphatic rings. The summed E-state index contributed by atoms with van der Waals surface area (Å²) in [5.41, 5.74) is 0.868. The first-order valence-electron chi connectivity index (χ1n) is 9.00. The number of nitrogens with one attached hydrogen (secondary N) is 1. The summed E-state index contributed by atoms with van der Waals surface area (Å²) in [6.07, 6.45) is 3.61. The third kappa shape index (κ3) is 3.62. The van der Waals surface area contributed by atoms with Crippen LogP contribution in [0.25, 0.3) is 10.9 Å². The van der Waals surface area contributed by atoms with E-state index in [0.29, 0.717) is 18.1 Å². The Bertz CT molecular complexity index is 1110. The molecule has 0 atom stereocenters. The zero-order valence-electron chi connectivity index (χ0n) is 15.9. The predicted molar refractivity (Wildman–Crippen MR) is 104 cm³/mol. The van der Waals surface area contributed by atoms with Gasteiger partial charge < -0.3 is 14.5 Å². The predicted octanol–water partition coefficient (Wildman–Crippen LogP) is 3.45. The van der Waals surface area contributed by atoms with Crippen LogP contribution in [-0.4, -0.2) is 31.6 Å². The fraction of sp³-hybridized carbons (Fsp3) is 0.250. The van der Waals surface area contributed by atoms with Crippen LogP contribution >= 0.6 is 0 Å². The first-order chi connectivity index (χ1) is 13.5. The van der Waals surface area contributed by atoms with Gasteiger partial charge in [-0.05, 0) is 44.2 Å². The number of aromatic nitrogens is 4. The van der Waals surface area contributed by atoms with Crippen LogP contribution in [0.1, 0.15) is 30.2 Å². The molecule has 3 heterocycles. The van der Waals surface area contributed by atoms with E-state index in [1.807, 2.05) is 51.4 Å². The summed E-state index contributed by atoms with van der Waals surface area (Å²) in [6, 6.07) is 10.9. The summed E-state index contributed by atoms with van der Waals surface area (Å²) in [5, 5.41) is 12.2. The number of carbonyl (C=O) groups excluding carboxylic acids is 1. The van der Waals surface area contributed by atoms with E-state index in [9.17, 15) is 4.79 Å². The average Bonchev–Trinajstić information content (AvgIpc) is 3.37. The van der Waals surface area contributed by atoms with Crippen molar-refractivity contribution in [3.05, 3.63) is 60.3 Å². The zero-order chi connectivity index (χ0) is 19.7. The Morgan fingerprint density at radius 1 is 1.29 bits per heavy atom. The zero-order valence-corrected chi connectivity index (χ0v) is 15.9. The Balaban J connectivity index is 1.53. The number of rotatable bonds is 6. The molecule has 0 fully saturated rings. The lowest BCUT2D eigenvalue weighted by Crippen LogP contribution is -2.12. The van der Waals surface area contributed by atoms with Crippen LogP contribution in [-0.2, 0) is 13.6 Å². The van der Waals surface area contributed by atoms with Gasteiger partial charge in [0.05, 0.1) is 18.2 Å². The minimum Gasteiger partial charge on any atom is -0.491 e. The minimum absolute atomic E-state index is 0.0831. The maximum absolute atomic E-state index is 12.6. The summed E-state index contributed by atoms with van der Waals surface area (Å²) in [5.74, 6) is 1.76. The molecular formula is C20H21N5O3. The van der Waals surface area contributed by atoms with Crippen LogP contribution in [0.5, 0.6) is 5.75 Å². The second kappa shape index (κ2) is 7.22. The molecule has 0 unspecified atom stereocenters. The van der Waals surface area contributed by atoms with Gasteiger partial charge in [0, 0.05) is 30.9 Å². The summed E-state index contributed by atoms with van der Waals surface area (Å²) < 4.78 is 14.8. The number of anilines is 1. The Morgan fingerprint density at radius 3 is 2.89 bits per heavy atom. The number of carbonyl (C=O) groups is 1. The Morgan fingerprint density at radius 2 is 2.14 bits per heavy atom. The van der Waals surface area contributed by atoms with Crippen molar-refractivity contribution < 1.29 is 13.9 Å². The van der Waals surface area contributed by atoms with Crippen LogP contribution in [0.4, 0.5) is 5.82 Å². The fourth-order valence-corrected chi connectivity index (χ4v) is 2.98. The topological polar surface area (TPSA) is 87.1 Å². The van der Waals surface area contributed by atoms with Crippen LogP contribution in [0.3, 0.4) is 0 Å². The lowest BCUT2D eigenvalue weighted by Gasteiger charge is -2.09. The molecule has 0 aliphatic carbocycles. The normalized spacial score (nSPS) is 11.3. The molecule has 1 aromatic carbocycles. The maximum Gasteiger partial charge on any atom is 0.292 e. The third-order valence-corrected chi connectivity index (χ3v) is 4.19. The maximum atomic E-state index is 12.6. The van der Waals surface area contributed by atoms with Gasteiger partial charge in [0.1, 0.15) is 11.5 Å². The molecule has 0 radical (unpaired) electrons. The summed E-state index contributed by atoms with van der Waals surface area (Å²) in [4.78, 5) is 12.6. The number of aryl methyl sites for hydroxylation is 1. The van der Waals surface area contributed by atoms with Crippen molar-refractivity contribution in [3.8, 4) is 5.75 Å². The largest absolute Gasteiger partial charge is 0.491 e. The van der Waals surface area contributed by atoms with Gasteiger partial charge in [-0.1, -0.05) is 0 Å². The quantitative estimate of drug-likeness (QED) is 0.554. The minimum atomic E-state index is -0.353. The van der Waals surface area contributed by atoms with Crippen LogP contribution in [0.15, 0.2) is 53.2 Å². The van der Waals surface area contributed by atoms with E-state index in [0.717, 1.165) is 16.7 Å². The Hall–Kier alpha value is -3.55. The van der Waals surface area contributed by atoms with Gasteiger partial charge in [0.15, 0.2) is 11.6 Å².